The molecule has 0 bridgehead atoms. The van der Waals surface area contributed by atoms with Gasteiger partial charge in [-0.1, -0.05) is 12.1 Å². The Kier molecular flexibility index (Phi) is 3.61. The zero-order valence-corrected chi connectivity index (χ0v) is 10.6. The highest BCUT2D eigenvalue weighted by molar-refractivity contribution is 14.1. The van der Waals surface area contributed by atoms with E-state index in [1.807, 2.05) is 12.1 Å². The number of hydrogen-bond donors (Lipinski definition) is 0. The van der Waals surface area contributed by atoms with Crippen molar-refractivity contribution in [2.75, 3.05) is 6.61 Å². The second-order valence-corrected chi connectivity index (χ2v) is 4.95. The van der Waals surface area contributed by atoms with E-state index >= 15 is 0 Å². The molecule has 1 aliphatic carbocycles. The standard InChI is InChI=1S/C12H13IO2/c13-12(14)8-15-11-7-3-5-9-4-1-2-6-10(9)11/h3,5,7H,1-2,4,6,8H2. The SMILES string of the molecule is O=C(I)COc1cccc2c1CCCC2. The number of hydrogen-bond acceptors (Lipinski definition) is 2. The summed E-state index contributed by atoms with van der Waals surface area (Å²) in [7, 11) is 0. The molecular weight excluding hydrogens is 303 g/mol. The summed E-state index contributed by atoms with van der Waals surface area (Å²) in [5.74, 6) is 0.900. The van der Waals surface area contributed by atoms with Crippen molar-refractivity contribution in [1.29, 1.82) is 0 Å². The molecule has 2 nitrogen and oxygen atoms in total. The first-order valence-electron chi connectivity index (χ1n) is 5.19. The van der Waals surface area contributed by atoms with E-state index in [-0.39, 0.29) is 10.4 Å². The van der Waals surface area contributed by atoms with E-state index in [2.05, 4.69) is 6.07 Å². The van der Waals surface area contributed by atoms with Crippen LogP contribution in [0, 0.1) is 0 Å². The summed E-state index contributed by atoms with van der Waals surface area (Å²) in [5.41, 5.74) is 2.70. The molecule has 0 atom stereocenters. The summed E-state index contributed by atoms with van der Waals surface area (Å²) >= 11 is 1.76. The van der Waals surface area contributed by atoms with Gasteiger partial charge in [-0.25, -0.2) is 0 Å². The predicted octanol–water partition coefficient (Wildman–Crippen LogP) is 2.91. The summed E-state index contributed by atoms with van der Waals surface area (Å²) in [6, 6.07) is 6.13. The first kappa shape index (κ1) is 10.9. The molecule has 0 aromatic heterocycles. The monoisotopic (exact) mass is 316 g/mol. The molecule has 0 heterocycles. The van der Waals surface area contributed by atoms with Crippen LogP contribution in [0.1, 0.15) is 24.0 Å². The second-order valence-electron chi connectivity index (χ2n) is 3.74. The number of aryl methyl sites for hydroxylation is 1. The van der Waals surface area contributed by atoms with E-state index in [0.29, 0.717) is 0 Å². The molecule has 0 fully saturated rings. The maximum absolute atomic E-state index is 10.8. The van der Waals surface area contributed by atoms with Crippen molar-refractivity contribution in [2.45, 2.75) is 25.7 Å². The van der Waals surface area contributed by atoms with E-state index in [9.17, 15) is 4.79 Å². The summed E-state index contributed by atoms with van der Waals surface area (Å²) in [5, 5.41) is 0. The van der Waals surface area contributed by atoms with Gasteiger partial charge in [0.1, 0.15) is 5.75 Å². The number of ether oxygens (including phenoxy) is 1. The van der Waals surface area contributed by atoms with Gasteiger partial charge in [-0.2, -0.15) is 0 Å². The Hall–Kier alpha value is -0.580. The molecule has 2 rings (SSSR count). The molecule has 15 heavy (non-hydrogen) atoms. The second kappa shape index (κ2) is 4.96. The quantitative estimate of drug-likeness (QED) is 0.633. The van der Waals surface area contributed by atoms with Gasteiger partial charge in [0.05, 0.1) is 0 Å². The van der Waals surface area contributed by atoms with E-state index in [0.717, 1.165) is 18.6 Å². The van der Waals surface area contributed by atoms with Crippen LogP contribution < -0.4 is 4.74 Å². The smallest absolute Gasteiger partial charge is 0.229 e. The Morgan fingerprint density at radius 2 is 2.13 bits per heavy atom. The highest BCUT2D eigenvalue weighted by atomic mass is 127. The first-order valence-corrected chi connectivity index (χ1v) is 6.27. The minimum absolute atomic E-state index is 0.0426. The van der Waals surface area contributed by atoms with Gasteiger partial charge >= 0.3 is 0 Å². The Morgan fingerprint density at radius 1 is 1.33 bits per heavy atom. The van der Waals surface area contributed by atoms with Gasteiger partial charge < -0.3 is 4.74 Å². The molecule has 0 saturated heterocycles. The van der Waals surface area contributed by atoms with Gasteiger partial charge in [0.2, 0.25) is 3.79 Å². The Labute approximate surface area is 103 Å². The fourth-order valence-electron chi connectivity index (χ4n) is 2.02. The minimum atomic E-state index is 0.0426. The van der Waals surface area contributed by atoms with Crippen molar-refractivity contribution in [2.24, 2.45) is 0 Å². The summed E-state index contributed by atoms with van der Waals surface area (Å²) in [6.45, 7) is 0.178. The predicted molar refractivity (Wildman–Crippen MR) is 67.6 cm³/mol. The van der Waals surface area contributed by atoms with Gasteiger partial charge in [-0.3, -0.25) is 4.79 Å². The molecule has 80 valence electrons. The third-order valence-corrected chi connectivity index (χ3v) is 3.01. The van der Waals surface area contributed by atoms with Crippen molar-refractivity contribution < 1.29 is 9.53 Å². The topological polar surface area (TPSA) is 26.3 Å². The largest absolute Gasteiger partial charge is 0.485 e. The molecule has 0 amide bonds. The Morgan fingerprint density at radius 3 is 2.93 bits per heavy atom. The van der Waals surface area contributed by atoms with Crippen molar-refractivity contribution in [3.05, 3.63) is 29.3 Å². The van der Waals surface area contributed by atoms with Crippen LogP contribution in [0.15, 0.2) is 18.2 Å². The molecule has 0 saturated carbocycles. The third kappa shape index (κ3) is 2.71. The van der Waals surface area contributed by atoms with E-state index < -0.39 is 0 Å². The van der Waals surface area contributed by atoms with Crippen LogP contribution in [-0.4, -0.2) is 10.4 Å². The highest BCUT2D eigenvalue weighted by Gasteiger charge is 2.13. The maximum atomic E-state index is 10.8. The molecule has 0 N–H and O–H groups in total. The average Bonchev–Trinajstić information content (AvgIpc) is 2.26. The number of fused-ring (bicyclic) bond motifs is 1. The maximum Gasteiger partial charge on any atom is 0.229 e. The molecule has 1 aromatic rings. The zero-order valence-electron chi connectivity index (χ0n) is 8.46. The molecule has 0 radical (unpaired) electrons. The number of carbonyl (C=O) groups excluding carboxylic acids is 1. The lowest BCUT2D eigenvalue weighted by molar-refractivity contribution is -0.111. The lowest BCUT2D eigenvalue weighted by atomic mass is 9.91. The van der Waals surface area contributed by atoms with Gasteiger partial charge in [0, 0.05) is 22.6 Å². The van der Waals surface area contributed by atoms with E-state index in [4.69, 9.17) is 4.74 Å². The summed E-state index contributed by atoms with van der Waals surface area (Å²) in [4.78, 5) is 10.8. The number of halogens is 1. The summed E-state index contributed by atoms with van der Waals surface area (Å²) in [6.07, 6.45) is 4.72. The lowest BCUT2D eigenvalue weighted by Gasteiger charge is -2.18. The molecule has 0 aliphatic heterocycles. The van der Waals surface area contributed by atoms with Crippen LogP contribution in [0.5, 0.6) is 5.75 Å². The molecule has 1 aliphatic rings. The van der Waals surface area contributed by atoms with E-state index in [1.165, 1.54) is 24.0 Å². The van der Waals surface area contributed by atoms with Gasteiger partial charge in [-0.15, -0.1) is 0 Å². The third-order valence-electron chi connectivity index (χ3n) is 2.69. The fourth-order valence-corrected chi connectivity index (χ4v) is 2.17. The Balaban J connectivity index is 2.19. The van der Waals surface area contributed by atoms with E-state index in [1.54, 1.807) is 22.6 Å². The zero-order chi connectivity index (χ0) is 10.7. The molecular formula is C12H13IO2. The van der Waals surface area contributed by atoms with Crippen LogP contribution in [0.25, 0.3) is 0 Å². The van der Waals surface area contributed by atoms with Crippen LogP contribution in [0.4, 0.5) is 0 Å². The van der Waals surface area contributed by atoms with Gasteiger partial charge in [0.15, 0.2) is 6.61 Å². The lowest BCUT2D eigenvalue weighted by Crippen LogP contribution is -2.09. The minimum Gasteiger partial charge on any atom is -0.485 e. The van der Waals surface area contributed by atoms with Crippen LogP contribution in [0.2, 0.25) is 0 Å². The molecule has 0 spiro atoms. The Bertz CT molecular complexity index is 374. The van der Waals surface area contributed by atoms with Crippen molar-refractivity contribution >= 4 is 26.4 Å². The number of carbonyl (C=O) groups is 1. The van der Waals surface area contributed by atoms with Gasteiger partial charge in [0.25, 0.3) is 0 Å². The fraction of sp³-hybridized carbons (Fsp3) is 0.417. The van der Waals surface area contributed by atoms with Crippen molar-refractivity contribution in [3.63, 3.8) is 0 Å². The number of benzene rings is 1. The first-order chi connectivity index (χ1) is 7.27. The van der Waals surface area contributed by atoms with Crippen molar-refractivity contribution in [3.8, 4) is 5.75 Å². The van der Waals surface area contributed by atoms with Crippen LogP contribution in [0.3, 0.4) is 0 Å². The van der Waals surface area contributed by atoms with Crippen LogP contribution >= 0.6 is 22.6 Å². The van der Waals surface area contributed by atoms with Gasteiger partial charge in [-0.05, 0) is 42.9 Å². The molecule has 1 aromatic carbocycles. The molecule has 3 heteroatoms. The van der Waals surface area contributed by atoms with Crippen LogP contribution in [-0.2, 0) is 17.6 Å². The summed E-state index contributed by atoms with van der Waals surface area (Å²) < 4.78 is 5.55. The van der Waals surface area contributed by atoms with Crippen molar-refractivity contribution in [1.82, 2.24) is 0 Å². The average molecular weight is 316 g/mol. The highest BCUT2D eigenvalue weighted by Crippen LogP contribution is 2.29. The number of rotatable bonds is 3. The molecule has 0 unspecified atom stereocenters. The normalized spacial score (nSPS) is 14.5.